The summed E-state index contributed by atoms with van der Waals surface area (Å²) in [5.41, 5.74) is 4.93. The number of nitrogens with one attached hydrogen (secondary N) is 1. The third-order valence-corrected chi connectivity index (χ3v) is 2.03. The molecule has 0 fully saturated rings. The van der Waals surface area contributed by atoms with E-state index in [4.69, 9.17) is 10.9 Å². The van der Waals surface area contributed by atoms with Crippen LogP contribution in [0.15, 0.2) is 5.16 Å². The molecule has 0 amide bonds. The number of alkyl halides is 2. The summed E-state index contributed by atoms with van der Waals surface area (Å²) in [5.74, 6) is 0.108. The van der Waals surface area contributed by atoms with E-state index < -0.39 is 11.8 Å². The van der Waals surface area contributed by atoms with E-state index in [0.717, 1.165) is 0 Å². The van der Waals surface area contributed by atoms with Gasteiger partial charge in [-0.15, -0.1) is 0 Å². The Bertz CT molecular complexity index is 195. The third kappa shape index (κ3) is 4.96. The zero-order valence-electron chi connectivity index (χ0n) is 8.43. The SMILES string of the molecule is CC(C)(CCNCC(F)F)C(N)=NO. The fourth-order valence-electron chi connectivity index (χ4n) is 0.875. The lowest BCUT2D eigenvalue weighted by Crippen LogP contribution is -2.35. The predicted molar refractivity (Wildman–Crippen MR) is 50.7 cm³/mol. The fraction of sp³-hybridized carbons (Fsp3) is 0.875. The molecular weight excluding hydrogens is 192 g/mol. The van der Waals surface area contributed by atoms with E-state index in [9.17, 15) is 8.78 Å². The summed E-state index contributed by atoms with van der Waals surface area (Å²) in [6, 6.07) is 0. The zero-order chi connectivity index (χ0) is 11.2. The number of amidine groups is 1. The molecule has 0 heterocycles. The van der Waals surface area contributed by atoms with Crippen LogP contribution < -0.4 is 11.1 Å². The number of halogens is 2. The predicted octanol–water partition coefficient (Wildman–Crippen LogP) is 1.00. The maximum absolute atomic E-state index is 11.7. The molecule has 0 atom stereocenters. The van der Waals surface area contributed by atoms with Crippen molar-refractivity contribution < 1.29 is 14.0 Å². The van der Waals surface area contributed by atoms with Gasteiger partial charge >= 0.3 is 0 Å². The van der Waals surface area contributed by atoms with Crippen LogP contribution >= 0.6 is 0 Å². The maximum atomic E-state index is 11.7. The third-order valence-electron chi connectivity index (χ3n) is 2.03. The van der Waals surface area contributed by atoms with E-state index in [1.807, 2.05) is 0 Å². The Morgan fingerprint density at radius 2 is 2.14 bits per heavy atom. The Hall–Kier alpha value is -0.910. The highest BCUT2D eigenvalue weighted by Gasteiger charge is 2.22. The zero-order valence-corrected chi connectivity index (χ0v) is 8.43. The van der Waals surface area contributed by atoms with Gasteiger partial charge in [-0.1, -0.05) is 19.0 Å². The van der Waals surface area contributed by atoms with Gasteiger partial charge in [0.15, 0.2) is 0 Å². The first kappa shape index (κ1) is 13.1. The van der Waals surface area contributed by atoms with Gasteiger partial charge in [-0.3, -0.25) is 0 Å². The second kappa shape index (κ2) is 5.74. The van der Waals surface area contributed by atoms with Gasteiger partial charge in [0.1, 0.15) is 5.84 Å². The van der Waals surface area contributed by atoms with E-state index in [0.29, 0.717) is 13.0 Å². The number of nitrogens with two attached hydrogens (primary N) is 1. The van der Waals surface area contributed by atoms with Gasteiger partial charge in [-0.2, -0.15) is 0 Å². The molecule has 6 heteroatoms. The van der Waals surface area contributed by atoms with Crippen LogP contribution in [0.2, 0.25) is 0 Å². The molecule has 84 valence electrons. The normalized spacial score (nSPS) is 13.6. The Morgan fingerprint density at radius 1 is 1.57 bits per heavy atom. The summed E-state index contributed by atoms with van der Waals surface area (Å²) in [6.45, 7) is 3.65. The molecule has 14 heavy (non-hydrogen) atoms. The van der Waals surface area contributed by atoms with Crippen LogP contribution in [0.1, 0.15) is 20.3 Å². The van der Waals surface area contributed by atoms with Crippen LogP contribution in [0.5, 0.6) is 0 Å². The number of hydrogen-bond donors (Lipinski definition) is 3. The Morgan fingerprint density at radius 3 is 2.57 bits per heavy atom. The van der Waals surface area contributed by atoms with E-state index in [1.54, 1.807) is 13.8 Å². The lowest BCUT2D eigenvalue weighted by Gasteiger charge is -2.22. The molecule has 0 spiro atoms. The van der Waals surface area contributed by atoms with Crippen LogP contribution in [0, 0.1) is 5.41 Å². The molecule has 4 nitrogen and oxygen atoms in total. The van der Waals surface area contributed by atoms with Crippen LogP contribution in [-0.2, 0) is 0 Å². The number of hydrogen-bond acceptors (Lipinski definition) is 3. The van der Waals surface area contributed by atoms with Crippen LogP contribution in [-0.4, -0.2) is 30.6 Å². The van der Waals surface area contributed by atoms with Crippen LogP contribution in [0.25, 0.3) is 0 Å². The molecule has 0 aliphatic rings. The molecule has 0 aliphatic heterocycles. The number of nitrogens with zero attached hydrogens (tertiary/aromatic N) is 1. The topological polar surface area (TPSA) is 70.6 Å². The summed E-state index contributed by atoms with van der Waals surface area (Å²) in [6.07, 6.45) is -1.81. The van der Waals surface area contributed by atoms with Crippen molar-refractivity contribution in [1.29, 1.82) is 0 Å². The molecule has 0 saturated carbocycles. The first-order chi connectivity index (χ1) is 6.40. The molecule has 4 N–H and O–H groups in total. The highest BCUT2D eigenvalue weighted by molar-refractivity contribution is 5.85. The molecular formula is C8H17F2N3O. The molecule has 0 aromatic heterocycles. The lowest BCUT2D eigenvalue weighted by atomic mass is 9.88. The second-order valence-electron chi connectivity index (χ2n) is 3.71. The fourth-order valence-corrected chi connectivity index (χ4v) is 0.875. The van der Waals surface area contributed by atoms with Gasteiger partial charge in [0.05, 0.1) is 6.54 Å². The van der Waals surface area contributed by atoms with Crippen molar-refractivity contribution in [2.24, 2.45) is 16.3 Å². The number of oxime groups is 1. The van der Waals surface area contributed by atoms with E-state index in [2.05, 4.69) is 10.5 Å². The van der Waals surface area contributed by atoms with Crippen molar-refractivity contribution >= 4 is 5.84 Å². The first-order valence-electron chi connectivity index (χ1n) is 4.37. The van der Waals surface area contributed by atoms with Crippen LogP contribution in [0.3, 0.4) is 0 Å². The highest BCUT2D eigenvalue weighted by Crippen LogP contribution is 2.19. The molecule has 0 aromatic rings. The van der Waals surface area contributed by atoms with Gasteiger partial charge in [-0.05, 0) is 13.0 Å². The molecule has 0 aliphatic carbocycles. The minimum atomic E-state index is -2.35. The van der Waals surface area contributed by atoms with E-state index in [-0.39, 0.29) is 12.4 Å². The Labute approximate surface area is 82.2 Å². The van der Waals surface area contributed by atoms with Crippen molar-refractivity contribution in [2.75, 3.05) is 13.1 Å². The standard InChI is InChI=1S/C8H17F2N3O/c1-8(2,7(11)13-14)3-4-12-5-6(9)10/h6,12,14H,3-5H2,1-2H3,(H2,11,13). The summed E-state index contributed by atoms with van der Waals surface area (Å²) in [5, 5.41) is 13.9. The van der Waals surface area contributed by atoms with Crippen molar-refractivity contribution in [3.05, 3.63) is 0 Å². The number of rotatable bonds is 6. The van der Waals surface area contributed by atoms with Crippen molar-refractivity contribution in [2.45, 2.75) is 26.7 Å². The van der Waals surface area contributed by atoms with Crippen molar-refractivity contribution in [3.63, 3.8) is 0 Å². The van der Waals surface area contributed by atoms with Crippen molar-refractivity contribution in [3.8, 4) is 0 Å². The molecule has 0 radical (unpaired) electrons. The Balaban J connectivity index is 3.77. The van der Waals surface area contributed by atoms with Crippen molar-refractivity contribution in [1.82, 2.24) is 5.32 Å². The molecule has 0 bridgehead atoms. The van der Waals surface area contributed by atoms with Gasteiger partial charge in [0.2, 0.25) is 0 Å². The monoisotopic (exact) mass is 209 g/mol. The summed E-state index contributed by atoms with van der Waals surface area (Å²) >= 11 is 0. The first-order valence-corrected chi connectivity index (χ1v) is 4.37. The minimum Gasteiger partial charge on any atom is -0.409 e. The highest BCUT2D eigenvalue weighted by atomic mass is 19.3. The van der Waals surface area contributed by atoms with E-state index >= 15 is 0 Å². The summed E-state index contributed by atoms with van der Waals surface area (Å²) in [7, 11) is 0. The smallest absolute Gasteiger partial charge is 0.250 e. The summed E-state index contributed by atoms with van der Waals surface area (Å²) < 4.78 is 23.5. The van der Waals surface area contributed by atoms with Crippen LogP contribution in [0.4, 0.5) is 8.78 Å². The summed E-state index contributed by atoms with van der Waals surface area (Å²) in [4.78, 5) is 0. The largest absolute Gasteiger partial charge is 0.409 e. The van der Waals surface area contributed by atoms with Gasteiger partial charge in [0.25, 0.3) is 6.43 Å². The Kier molecular flexibility index (Phi) is 5.37. The molecule has 0 rings (SSSR count). The second-order valence-corrected chi connectivity index (χ2v) is 3.71. The van der Waals surface area contributed by atoms with Gasteiger partial charge < -0.3 is 16.3 Å². The maximum Gasteiger partial charge on any atom is 0.250 e. The average Bonchev–Trinajstić information content (AvgIpc) is 2.10. The van der Waals surface area contributed by atoms with E-state index in [1.165, 1.54) is 0 Å². The minimum absolute atomic E-state index is 0.108. The molecule has 0 aromatic carbocycles. The molecule has 0 saturated heterocycles. The molecule has 0 unspecified atom stereocenters. The van der Waals surface area contributed by atoms with Gasteiger partial charge in [0, 0.05) is 5.41 Å². The lowest BCUT2D eigenvalue weighted by molar-refractivity contribution is 0.145. The average molecular weight is 209 g/mol. The van der Waals surface area contributed by atoms with Gasteiger partial charge in [-0.25, -0.2) is 8.78 Å². The quantitative estimate of drug-likeness (QED) is 0.201.